The van der Waals surface area contributed by atoms with E-state index >= 15 is 0 Å². The van der Waals surface area contributed by atoms with Crippen LogP contribution in [0.2, 0.25) is 0 Å². The number of benzene rings is 1. The molecule has 0 aliphatic carbocycles. The first-order valence-electron chi connectivity index (χ1n) is 8.58. The van der Waals surface area contributed by atoms with Crippen LogP contribution in [-0.2, 0) is 10.5 Å². The van der Waals surface area contributed by atoms with Gasteiger partial charge >= 0.3 is 0 Å². The first-order valence-corrected chi connectivity index (χ1v) is 10.5. The lowest BCUT2D eigenvalue weighted by atomic mass is 10.2. The smallest absolute Gasteiger partial charge is 0.238 e. The van der Waals surface area contributed by atoms with Crippen LogP contribution >= 0.6 is 23.1 Å². The third kappa shape index (κ3) is 5.33. The average Bonchev–Trinajstić information content (AvgIpc) is 3.29. The number of carbonyl (C=O) groups is 1. The number of ether oxygens (including phenoxy) is 1. The van der Waals surface area contributed by atoms with Crippen LogP contribution in [0.15, 0.2) is 40.2 Å². The Morgan fingerprint density at radius 1 is 1.37 bits per heavy atom. The van der Waals surface area contributed by atoms with Gasteiger partial charge in [0.15, 0.2) is 5.82 Å². The van der Waals surface area contributed by atoms with Gasteiger partial charge in [-0.3, -0.25) is 4.79 Å². The zero-order valence-electron chi connectivity index (χ0n) is 15.4. The van der Waals surface area contributed by atoms with E-state index < -0.39 is 0 Å². The third-order valence-corrected chi connectivity index (χ3v) is 5.81. The summed E-state index contributed by atoms with van der Waals surface area (Å²) >= 11 is 3.13. The predicted molar refractivity (Wildman–Crippen MR) is 109 cm³/mol. The van der Waals surface area contributed by atoms with Crippen LogP contribution in [0.3, 0.4) is 0 Å². The van der Waals surface area contributed by atoms with Crippen LogP contribution in [0, 0.1) is 6.92 Å². The lowest BCUT2D eigenvalue weighted by Gasteiger charge is -2.09. The highest BCUT2D eigenvalue weighted by Crippen LogP contribution is 2.28. The van der Waals surface area contributed by atoms with E-state index in [2.05, 4.69) is 15.5 Å². The molecule has 0 bridgehead atoms. The fourth-order valence-electron chi connectivity index (χ4n) is 2.31. The zero-order valence-corrected chi connectivity index (χ0v) is 17.0. The average molecular weight is 404 g/mol. The van der Waals surface area contributed by atoms with Crippen LogP contribution in [0.4, 0.5) is 5.82 Å². The molecule has 0 unspecified atom stereocenters. The van der Waals surface area contributed by atoms with Crippen molar-refractivity contribution in [3.63, 3.8) is 0 Å². The summed E-state index contributed by atoms with van der Waals surface area (Å²) < 4.78 is 10.4. The molecule has 1 amide bonds. The van der Waals surface area contributed by atoms with E-state index in [9.17, 15) is 4.79 Å². The van der Waals surface area contributed by atoms with Gasteiger partial charge in [0.25, 0.3) is 0 Å². The number of carbonyl (C=O) groups excluding carboxylic acids is 1. The van der Waals surface area contributed by atoms with Gasteiger partial charge in [0, 0.05) is 22.8 Å². The summed E-state index contributed by atoms with van der Waals surface area (Å²) in [4.78, 5) is 16.9. The maximum Gasteiger partial charge on any atom is 0.238 e. The highest BCUT2D eigenvalue weighted by atomic mass is 32.2. The molecule has 3 aromatic rings. The molecule has 6 nitrogen and oxygen atoms in total. The Kier molecular flexibility index (Phi) is 6.52. The van der Waals surface area contributed by atoms with Gasteiger partial charge in [-0.25, -0.2) is 4.98 Å². The lowest BCUT2D eigenvalue weighted by molar-refractivity contribution is -0.115. The quantitative estimate of drug-likeness (QED) is 0.584. The van der Waals surface area contributed by atoms with Gasteiger partial charge in [-0.05, 0) is 45.0 Å². The molecule has 0 radical (unpaired) electrons. The van der Waals surface area contributed by atoms with Gasteiger partial charge in [0.05, 0.1) is 17.6 Å². The normalized spacial score (nSPS) is 12.0. The number of nitrogens with zero attached hydrogens (tertiary/aromatic N) is 2. The maximum absolute atomic E-state index is 12.2. The minimum Gasteiger partial charge on any atom is -0.494 e. The number of nitrogens with one attached hydrogen (secondary N) is 1. The second-order valence-corrected chi connectivity index (χ2v) is 8.05. The number of anilines is 1. The van der Waals surface area contributed by atoms with E-state index in [0.717, 1.165) is 22.0 Å². The van der Waals surface area contributed by atoms with Crippen molar-refractivity contribution in [1.29, 1.82) is 0 Å². The Hall–Kier alpha value is -2.32. The van der Waals surface area contributed by atoms with Gasteiger partial charge in [-0.15, -0.1) is 23.1 Å². The summed E-state index contributed by atoms with van der Waals surface area (Å²) in [5, 5.41) is 9.30. The van der Waals surface area contributed by atoms with Crippen LogP contribution in [0.5, 0.6) is 5.75 Å². The lowest BCUT2D eigenvalue weighted by Crippen LogP contribution is -2.22. The number of hydrogen-bond donors (Lipinski definition) is 1. The molecule has 0 fully saturated rings. The van der Waals surface area contributed by atoms with Gasteiger partial charge in [0.2, 0.25) is 5.91 Å². The van der Waals surface area contributed by atoms with Crippen molar-refractivity contribution in [3.8, 4) is 16.3 Å². The number of thioether (sulfide) groups is 1. The summed E-state index contributed by atoms with van der Waals surface area (Å²) in [6.45, 7) is 6.27. The Morgan fingerprint density at radius 3 is 2.81 bits per heavy atom. The molecule has 0 spiro atoms. The molecule has 0 saturated heterocycles. The molecule has 3 rings (SSSR count). The molecule has 27 heavy (non-hydrogen) atoms. The van der Waals surface area contributed by atoms with Crippen molar-refractivity contribution in [2.24, 2.45) is 0 Å². The second kappa shape index (κ2) is 9.05. The highest BCUT2D eigenvalue weighted by molar-refractivity contribution is 7.99. The maximum atomic E-state index is 12.2. The third-order valence-electron chi connectivity index (χ3n) is 3.69. The van der Waals surface area contributed by atoms with E-state index in [1.807, 2.05) is 43.5 Å². The fourth-order valence-corrected chi connectivity index (χ4v) is 4.02. The van der Waals surface area contributed by atoms with Crippen molar-refractivity contribution >= 4 is 34.8 Å². The van der Waals surface area contributed by atoms with E-state index in [0.29, 0.717) is 23.9 Å². The summed E-state index contributed by atoms with van der Waals surface area (Å²) in [6, 6.07) is 9.62. The van der Waals surface area contributed by atoms with Crippen molar-refractivity contribution in [1.82, 2.24) is 10.1 Å². The molecule has 1 N–H and O–H groups in total. The van der Waals surface area contributed by atoms with Crippen LogP contribution in [0.1, 0.15) is 25.3 Å². The summed E-state index contributed by atoms with van der Waals surface area (Å²) in [7, 11) is 0. The molecule has 8 heteroatoms. The SMILES string of the molecule is CCOc1ccc(-c2nc(CS[C@H](C)C(=O)Nc3cc(C)on3)cs2)cc1. The van der Waals surface area contributed by atoms with Gasteiger partial charge in [-0.2, -0.15) is 0 Å². The predicted octanol–water partition coefficient (Wildman–Crippen LogP) is 4.77. The van der Waals surface area contributed by atoms with E-state index in [-0.39, 0.29) is 11.2 Å². The Bertz CT molecular complexity index is 890. The van der Waals surface area contributed by atoms with Gasteiger partial charge in [0.1, 0.15) is 16.5 Å². The number of rotatable bonds is 8. The Morgan fingerprint density at radius 2 is 2.15 bits per heavy atom. The first-order chi connectivity index (χ1) is 13.0. The monoisotopic (exact) mass is 403 g/mol. The molecule has 142 valence electrons. The Labute approximate surface area is 166 Å². The summed E-state index contributed by atoms with van der Waals surface area (Å²) in [5.41, 5.74) is 2.03. The van der Waals surface area contributed by atoms with E-state index in [4.69, 9.17) is 9.26 Å². The van der Waals surface area contributed by atoms with Crippen LogP contribution in [0.25, 0.3) is 10.6 Å². The molecule has 2 aromatic heterocycles. The molecule has 0 aliphatic heterocycles. The number of hydrogen-bond acceptors (Lipinski definition) is 7. The first kappa shape index (κ1) is 19.4. The van der Waals surface area contributed by atoms with Crippen LogP contribution < -0.4 is 10.1 Å². The largest absolute Gasteiger partial charge is 0.494 e. The molecular weight excluding hydrogens is 382 g/mol. The summed E-state index contributed by atoms with van der Waals surface area (Å²) in [5.74, 6) is 2.53. The van der Waals surface area contributed by atoms with Crippen LogP contribution in [-0.4, -0.2) is 27.9 Å². The number of thiazole rings is 1. The zero-order chi connectivity index (χ0) is 19.2. The highest BCUT2D eigenvalue weighted by Gasteiger charge is 2.16. The van der Waals surface area contributed by atoms with Crippen molar-refractivity contribution < 1.29 is 14.1 Å². The minimum atomic E-state index is -0.224. The van der Waals surface area contributed by atoms with E-state index in [1.165, 1.54) is 11.8 Å². The molecule has 0 aliphatic rings. The molecule has 0 saturated carbocycles. The van der Waals surface area contributed by atoms with Gasteiger partial charge in [-0.1, -0.05) is 5.16 Å². The molecular formula is C19H21N3O3S2. The topological polar surface area (TPSA) is 77.2 Å². The minimum absolute atomic E-state index is 0.102. The van der Waals surface area contributed by atoms with Crippen molar-refractivity contribution in [3.05, 3.63) is 47.2 Å². The summed E-state index contributed by atoms with van der Waals surface area (Å²) in [6.07, 6.45) is 0. The molecule has 2 heterocycles. The number of amides is 1. The van der Waals surface area contributed by atoms with Crippen molar-refractivity contribution in [2.75, 3.05) is 11.9 Å². The molecule has 1 atom stereocenters. The second-order valence-electron chi connectivity index (χ2n) is 5.87. The standard InChI is InChI=1S/C19H21N3O3S2/c1-4-24-16-7-5-14(6-8-16)19-20-15(11-27-19)10-26-13(3)18(23)21-17-9-12(2)25-22-17/h5-9,11,13H,4,10H2,1-3H3,(H,21,22,23)/t13-/m1/s1. The number of aryl methyl sites for hydroxylation is 1. The van der Waals surface area contributed by atoms with Gasteiger partial charge < -0.3 is 14.6 Å². The number of aromatic nitrogens is 2. The molecule has 1 aromatic carbocycles. The fraction of sp³-hybridized carbons (Fsp3) is 0.316. The van der Waals surface area contributed by atoms with Crippen molar-refractivity contribution in [2.45, 2.75) is 31.8 Å². The Balaban J connectivity index is 1.53. The van der Waals surface area contributed by atoms with E-state index in [1.54, 1.807) is 24.3 Å².